The van der Waals surface area contributed by atoms with Gasteiger partial charge in [-0.25, -0.2) is 4.79 Å². The lowest BCUT2D eigenvalue weighted by molar-refractivity contribution is 0.262. The molecule has 2 amide bonds. The Hall–Kier alpha value is -5.00. The van der Waals surface area contributed by atoms with E-state index in [4.69, 9.17) is 9.47 Å². The number of amides is 2. The number of fused-ring (bicyclic) bond motifs is 1. The molecule has 5 aromatic rings. The number of ether oxygens (including phenoxy) is 2. The first kappa shape index (κ1) is 24.7. The van der Waals surface area contributed by atoms with Crippen LogP contribution in [0.25, 0.3) is 10.9 Å². The van der Waals surface area contributed by atoms with Gasteiger partial charge in [0.2, 0.25) is 0 Å². The van der Waals surface area contributed by atoms with Crippen molar-refractivity contribution in [1.29, 1.82) is 5.26 Å². The molecule has 0 aliphatic carbocycles. The number of carbonyl (C=O) groups excluding carboxylic acids is 1. The van der Waals surface area contributed by atoms with Crippen LogP contribution in [0.3, 0.4) is 0 Å². The number of nitrogens with one attached hydrogen (secondary N) is 2. The van der Waals surface area contributed by atoms with Crippen molar-refractivity contribution in [2.75, 3.05) is 10.6 Å². The largest absolute Gasteiger partial charge is 0.487 e. The van der Waals surface area contributed by atoms with E-state index < -0.39 is 0 Å². The summed E-state index contributed by atoms with van der Waals surface area (Å²) in [4.78, 5) is 17.5. The van der Waals surface area contributed by atoms with Crippen LogP contribution in [0.2, 0.25) is 0 Å². The molecule has 8 heteroatoms. The summed E-state index contributed by atoms with van der Waals surface area (Å²) in [5.74, 6) is 1.57. The number of carbonyl (C=O) groups is 1. The van der Waals surface area contributed by atoms with Crippen molar-refractivity contribution in [3.63, 3.8) is 0 Å². The number of thiol groups is 1. The molecule has 0 aliphatic rings. The van der Waals surface area contributed by atoms with Crippen LogP contribution in [0.15, 0.2) is 108 Å². The maximum atomic E-state index is 12.3. The third-order valence-corrected chi connectivity index (χ3v) is 5.88. The zero-order valence-corrected chi connectivity index (χ0v) is 21.0. The molecule has 7 nitrogen and oxygen atoms in total. The van der Waals surface area contributed by atoms with Gasteiger partial charge in [-0.15, -0.1) is 12.6 Å². The van der Waals surface area contributed by atoms with E-state index in [0.29, 0.717) is 51.7 Å². The van der Waals surface area contributed by atoms with Gasteiger partial charge in [-0.1, -0.05) is 36.4 Å². The smallest absolute Gasteiger partial charge is 0.323 e. The quantitative estimate of drug-likeness (QED) is 0.195. The number of aromatic nitrogens is 1. The van der Waals surface area contributed by atoms with Crippen molar-refractivity contribution in [3.8, 4) is 23.3 Å². The van der Waals surface area contributed by atoms with Crippen molar-refractivity contribution in [2.45, 2.75) is 11.5 Å². The molecule has 5 rings (SSSR count). The lowest BCUT2D eigenvalue weighted by atomic mass is 10.1. The number of hydrogen-bond acceptors (Lipinski definition) is 6. The van der Waals surface area contributed by atoms with Gasteiger partial charge in [0.25, 0.3) is 0 Å². The minimum Gasteiger partial charge on any atom is -0.487 e. The van der Waals surface area contributed by atoms with Gasteiger partial charge in [0, 0.05) is 33.9 Å². The Bertz CT molecular complexity index is 1630. The second-order valence-electron chi connectivity index (χ2n) is 8.32. The predicted octanol–water partition coefficient (Wildman–Crippen LogP) is 7.41. The van der Waals surface area contributed by atoms with Gasteiger partial charge >= 0.3 is 6.03 Å². The summed E-state index contributed by atoms with van der Waals surface area (Å²) >= 11 is 4.28. The van der Waals surface area contributed by atoms with E-state index in [0.717, 1.165) is 10.5 Å². The number of pyridine rings is 1. The molecule has 0 saturated carbocycles. The summed E-state index contributed by atoms with van der Waals surface area (Å²) in [5.41, 5.74) is 3.28. The van der Waals surface area contributed by atoms with Crippen LogP contribution in [0.1, 0.15) is 11.1 Å². The summed E-state index contributed by atoms with van der Waals surface area (Å²) in [5, 5.41) is 16.0. The Kier molecular flexibility index (Phi) is 7.39. The number of anilines is 2. The van der Waals surface area contributed by atoms with E-state index in [1.54, 1.807) is 60.8 Å². The molecule has 4 aromatic carbocycles. The van der Waals surface area contributed by atoms with Crippen LogP contribution in [0, 0.1) is 11.3 Å². The lowest BCUT2D eigenvalue weighted by Gasteiger charge is -2.13. The van der Waals surface area contributed by atoms with Crippen molar-refractivity contribution in [2.24, 2.45) is 0 Å². The summed E-state index contributed by atoms with van der Waals surface area (Å²) in [6.07, 6.45) is 1.64. The van der Waals surface area contributed by atoms with Crippen molar-refractivity contribution in [1.82, 2.24) is 4.98 Å². The van der Waals surface area contributed by atoms with E-state index in [1.807, 2.05) is 42.5 Å². The standard InChI is InChI=1S/C30H22N4O3S/c31-18-21-15-26-27(17-29(21)36-19-20-5-2-1-3-6-20)32-14-13-28(26)37-24-11-9-22(10-12-24)33-30(35)34-23-7-4-8-25(38)16-23/h1-17,38H,19H2,(H2,33,34,35). The molecule has 0 bridgehead atoms. The molecule has 1 heterocycles. The van der Waals surface area contributed by atoms with E-state index in [-0.39, 0.29) is 6.03 Å². The fourth-order valence-corrected chi connectivity index (χ4v) is 4.01. The van der Waals surface area contributed by atoms with Gasteiger partial charge in [0.1, 0.15) is 29.9 Å². The highest BCUT2D eigenvalue weighted by Crippen LogP contribution is 2.33. The van der Waals surface area contributed by atoms with Gasteiger partial charge in [-0.05, 0) is 60.2 Å². The Labute approximate surface area is 225 Å². The third kappa shape index (κ3) is 6.03. The fourth-order valence-electron chi connectivity index (χ4n) is 3.79. The van der Waals surface area contributed by atoms with Crippen LogP contribution in [0.4, 0.5) is 16.2 Å². The molecule has 0 fully saturated rings. The van der Waals surface area contributed by atoms with E-state index in [1.165, 1.54) is 0 Å². The normalized spacial score (nSPS) is 10.4. The molecule has 0 radical (unpaired) electrons. The number of urea groups is 1. The van der Waals surface area contributed by atoms with Crippen LogP contribution in [0.5, 0.6) is 17.2 Å². The molecule has 0 spiro atoms. The van der Waals surface area contributed by atoms with Gasteiger partial charge in [-0.3, -0.25) is 4.98 Å². The second-order valence-corrected chi connectivity index (χ2v) is 8.83. The first-order valence-corrected chi connectivity index (χ1v) is 12.2. The summed E-state index contributed by atoms with van der Waals surface area (Å²) in [6.45, 7) is 0.344. The minimum absolute atomic E-state index is 0.344. The number of hydrogen-bond donors (Lipinski definition) is 3. The van der Waals surface area contributed by atoms with Gasteiger partial charge < -0.3 is 20.1 Å². The molecular formula is C30H22N4O3S. The van der Waals surface area contributed by atoms with E-state index >= 15 is 0 Å². The van der Waals surface area contributed by atoms with Crippen LogP contribution >= 0.6 is 12.6 Å². The fraction of sp³-hybridized carbons (Fsp3) is 0.0333. The highest BCUT2D eigenvalue weighted by atomic mass is 32.1. The molecule has 1 aromatic heterocycles. The molecule has 0 unspecified atom stereocenters. The first-order chi connectivity index (χ1) is 18.6. The number of benzene rings is 4. The molecule has 2 N–H and O–H groups in total. The minimum atomic E-state index is -0.368. The molecule has 0 saturated heterocycles. The second kappa shape index (κ2) is 11.4. The zero-order valence-electron chi connectivity index (χ0n) is 20.1. The predicted molar refractivity (Wildman–Crippen MR) is 150 cm³/mol. The summed E-state index contributed by atoms with van der Waals surface area (Å²) in [7, 11) is 0. The Balaban J connectivity index is 1.29. The number of nitriles is 1. The van der Waals surface area contributed by atoms with Gasteiger partial charge in [0.05, 0.1) is 11.1 Å². The van der Waals surface area contributed by atoms with Crippen LogP contribution < -0.4 is 20.1 Å². The highest BCUT2D eigenvalue weighted by molar-refractivity contribution is 7.80. The molecule has 0 atom stereocenters. The first-order valence-electron chi connectivity index (χ1n) is 11.7. The van der Waals surface area contributed by atoms with Crippen molar-refractivity contribution in [3.05, 3.63) is 114 Å². The van der Waals surface area contributed by atoms with Gasteiger partial charge in [0.15, 0.2) is 0 Å². The topological polar surface area (TPSA) is 96.3 Å². The van der Waals surface area contributed by atoms with Crippen LogP contribution in [-0.4, -0.2) is 11.0 Å². The molecular weight excluding hydrogens is 496 g/mol. The SMILES string of the molecule is N#Cc1cc2c(Oc3ccc(NC(=O)Nc4cccc(S)c4)cc3)ccnc2cc1OCc1ccccc1. The maximum Gasteiger partial charge on any atom is 0.323 e. The van der Waals surface area contributed by atoms with Crippen LogP contribution in [-0.2, 0) is 6.61 Å². The highest BCUT2D eigenvalue weighted by Gasteiger charge is 2.12. The Morgan fingerprint density at radius 3 is 2.42 bits per heavy atom. The zero-order chi connectivity index (χ0) is 26.3. The Morgan fingerprint density at radius 2 is 1.66 bits per heavy atom. The molecule has 38 heavy (non-hydrogen) atoms. The monoisotopic (exact) mass is 518 g/mol. The van der Waals surface area contributed by atoms with E-state index in [9.17, 15) is 10.1 Å². The maximum absolute atomic E-state index is 12.3. The van der Waals surface area contributed by atoms with E-state index in [2.05, 4.69) is 34.3 Å². The third-order valence-electron chi connectivity index (χ3n) is 5.60. The summed E-state index contributed by atoms with van der Waals surface area (Å²) < 4.78 is 12.0. The lowest BCUT2D eigenvalue weighted by Crippen LogP contribution is -2.19. The van der Waals surface area contributed by atoms with Crippen molar-refractivity contribution < 1.29 is 14.3 Å². The van der Waals surface area contributed by atoms with Gasteiger partial charge in [-0.2, -0.15) is 5.26 Å². The summed E-state index contributed by atoms with van der Waals surface area (Å²) in [6, 6.07) is 31.0. The average molecular weight is 519 g/mol. The number of rotatable bonds is 7. The Morgan fingerprint density at radius 1 is 0.868 bits per heavy atom. The molecule has 186 valence electrons. The number of nitrogens with zero attached hydrogens (tertiary/aromatic N) is 2. The molecule has 0 aliphatic heterocycles. The average Bonchev–Trinajstić information content (AvgIpc) is 2.93. The van der Waals surface area contributed by atoms with Crippen molar-refractivity contribution >= 4 is 40.9 Å².